The Morgan fingerprint density at radius 3 is 2.94 bits per heavy atom. The summed E-state index contributed by atoms with van der Waals surface area (Å²) in [6.45, 7) is 1.67. The summed E-state index contributed by atoms with van der Waals surface area (Å²) in [6.07, 6.45) is 0.104. The van der Waals surface area contributed by atoms with Crippen LogP contribution in [-0.4, -0.2) is 16.7 Å². The molecule has 84 valence electrons. The zero-order valence-electron chi connectivity index (χ0n) is 8.90. The molecule has 1 unspecified atom stereocenters. The Balaban J connectivity index is 2.44. The van der Waals surface area contributed by atoms with Crippen molar-refractivity contribution in [3.63, 3.8) is 0 Å². The van der Waals surface area contributed by atoms with E-state index in [4.69, 9.17) is 5.84 Å². The first-order chi connectivity index (χ1) is 7.58. The molecule has 0 aromatic heterocycles. The lowest BCUT2D eigenvalue weighted by atomic mass is 9.90. The highest BCUT2D eigenvalue weighted by Gasteiger charge is 2.45. The van der Waals surface area contributed by atoms with Gasteiger partial charge in [0, 0.05) is 23.4 Å². The SMILES string of the molecule is C/C(CC1(O)C(=O)Nc2ccccc21)=N\N. The maximum absolute atomic E-state index is 11.7. The van der Waals surface area contributed by atoms with Crippen molar-refractivity contribution < 1.29 is 9.90 Å². The number of hydrazone groups is 1. The molecule has 0 saturated heterocycles. The van der Waals surface area contributed by atoms with Crippen molar-refractivity contribution in [1.82, 2.24) is 0 Å². The van der Waals surface area contributed by atoms with Crippen LogP contribution in [0.15, 0.2) is 29.4 Å². The van der Waals surface area contributed by atoms with Crippen molar-refractivity contribution in [3.8, 4) is 0 Å². The van der Waals surface area contributed by atoms with Gasteiger partial charge in [-0.3, -0.25) is 4.79 Å². The number of aliphatic hydroxyl groups is 1. The van der Waals surface area contributed by atoms with Crippen LogP contribution < -0.4 is 11.2 Å². The van der Waals surface area contributed by atoms with Crippen molar-refractivity contribution in [2.75, 3.05) is 5.32 Å². The van der Waals surface area contributed by atoms with E-state index in [1.807, 2.05) is 0 Å². The van der Waals surface area contributed by atoms with E-state index in [1.54, 1.807) is 31.2 Å². The summed E-state index contributed by atoms with van der Waals surface area (Å²) in [5, 5.41) is 16.5. The third-order valence-corrected chi connectivity index (χ3v) is 2.73. The third kappa shape index (κ3) is 1.45. The fourth-order valence-corrected chi connectivity index (χ4v) is 1.89. The fourth-order valence-electron chi connectivity index (χ4n) is 1.89. The minimum absolute atomic E-state index is 0.104. The number of nitrogens with two attached hydrogens (primary N) is 1. The van der Waals surface area contributed by atoms with E-state index in [0.717, 1.165) is 0 Å². The first-order valence-corrected chi connectivity index (χ1v) is 4.94. The van der Waals surface area contributed by atoms with E-state index in [9.17, 15) is 9.90 Å². The van der Waals surface area contributed by atoms with Crippen molar-refractivity contribution >= 4 is 17.3 Å². The molecule has 1 aliphatic heterocycles. The van der Waals surface area contributed by atoms with Gasteiger partial charge in [-0.25, -0.2) is 0 Å². The van der Waals surface area contributed by atoms with Crippen LogP contribution in [0, 0.1) is 0 Å². The Bertz CT molecular complexity index is 470. The molecule has 2 rings (SSSR count). The van der Waals surface area contributed by atoms with Gasteiger partial charge in [-0.2, -0.15) is 5.10 Å². The topological polar surface area (TPSA) is 87.7 Å². The summed E-state index contributed by atoms with van der Waals surface area (Å²) < 4.78 is 0. The number of nitrogens with zero attached hydrogens (tertiary/aromatic N) is 1. The lowest BCUT2D eigenvalue weighted by molar-refractivity contribution is -0.132. The molecule has 0 saturated carbocycles. The molecule has 1 amide bonds. The molecule has 1 aromatic carbocycles. The zero-order chi connectivity index (χ0) is 11.8. The van der Waals surface area contributed by atoms with Gasteiger partial charge in [0.1, 0.15) is 0 Å². The molecule has 16 heavy (non-hydrogen) atoms. The molecule has 0 aliphatic carbocycles. The number of nitrogens with one attached hydrogen (secondary N) is 1. The predicted molar refractivity (Wildman–Crippen MR) is 60.9 cm³/mol. The van der Waals surface area contributed by atoms with Gasteiger partial charge < -0.3 is 16.3 Å². The molecule has 0 bridgehead atoms. The third-order valence-electron chi connectivity index (χ3n) is 2.73. The Morgan fingerprint density at radius 2 is 2.25 bits per heavy atom. The van der Waals surface area contributed by atoms with E-state index in [1.165, 1.54) is 0 Å². The molecule has 1 heterocycles. The predicted octanol–water partition coefficient (Wildman–Crippen LogP) is 0.551. The minimum Gasteiger partial charge on any atom is -0.375 e. The van der Waals surface area contributed by atoms with Gasteiger partial charge in [-0.1, -0.05) is 18.2 Å². The van der Waals surface area contributed by atoms with Gasteiger partial charge >= 0.3 is 0 Å². The number of fused-ring (bicyclic) bond motifs is 1. The van der Waals surface area contributed by atoms with Crippen molar-refractivity contribution in [2.45, 2.75) is 18.9 Å². The van der Waals surface area contributed by atoms with Gasteiger partial charge in [0.25, 0.3) is 5.91 Å². The molecule has 5 heteroatoms. The summed E-state index contributed by atoms with van der Waals surface area (Å²) in [5.74, 6) is 4.69. The average molecular weight is 219 g/mol. The zero-order valence-corrected chi connectivity index (χ0v) is 8.90. The largest absolute Gasteiger partial charge is 0.375 e. The molecule has 1 aromatic rings. The first-order valence-electron chi connectivity index (χ1n) is 4.94. The highest BCUT2D eigenvalue weighted by atomic mass is 16.3. The van der Waals surface area contributed by atoms with Crippen LogP contribution in [0.3, 0.4) is 0 Å². The van der Waals surface area contributed by atoms with Crippen LogP contribution in [0.5, 0.6) is 0 Å². The summed E-state index contributed by atoms with van der Waals surface area (Å²) >= 11 is 0. The summed E-state index contributed by atoms with van der Waals surface area (Å²) in [4.78, 5) is 11.7. The lowest BCUT2D eigenvalue weighted by Gasteiger charge is -2.20. The number of anilines is 1. The second kappa shape index (κ2) is 3.61. The van der Waals surface area contributed by atoms with E-state index >= 15 is 0 Å². The molecule has 0 radical (unpaired) electrons. The smallest absolute Gasteiger partial charge is 0.261 e. The van der Waals surface area contributed by atoms with E-state index < -0.39 is 11.5 Å². The fraction of sp³-hybridized carbons (Fsp3) is 0.273. The second-order valence-corrected chi connectivity index (χ2v) is 3.90. The maximum atomic E-state index is 11.7. The number of carbonyl (C=O) groups is 1. The molecular formula is C11H13N3O2. The lowest BCUT2D eigenvalue weighted by Crippen LogP contribution is -2.36. The summed E-state index contributed by atoms with van der Waals surface area (Å²) in [6, 6.07) is 7.05. The quantitative estimate of drug-likeness (QED) is 0.385. The van der Waals surface area contributed by atoms with E-state index in [0.29, 0.717) is 17.0 Å². The van der Waals surface area contributed by atoms with Crippen LogP contribution in [0.1, 0.15) is 18.9 Å². The van der Waals surface area contributed by atoms with Crippen molar-refractivity contribution in [2.24, 2.45) is 10.9 Å². The van der Waals surface area contributed by atoms with E-state index in [2.05, 4.69) is 10.4 Å². The van der Waals surface area contributed by atoms with Crippen LogP contribution in [-0.2, 0) is 10.4 Å². The molecule has 1 atom stereocenters. The van der Waals surface area contributed by atoms with Crippen molar-refractivity contribution in [3.05, 3.63) is 29.8 Å². The number of hydrogen-bond donors (Lipinski definition) is 3. The van der Waals surface area contributed by atoms with Crippen LogP contribution >= 0.6 is 0 Å². The Kier molecular flexibility index (Phi) is 2.40. The molecule has 1 aliphatic rings. The number of carbonyl (C=O) groups excluding carboxylic acids is 1. The second-order valence-electron chi connectivity index (χ2n) is 3.90. The number of amides is 1. The molecule has 0 fully saturated rings. The van der Waals surface area contributed by atoms with Gasteiger partial charge in [-0.05, 0) is 13.0 Å². The average Bonchev–Trinajstić information content (AvgIpc) is 2.52. The monoisotopic (exact) mass is 219 g/mol. The Labute approximate surface area is 93.0 Å². The standard InChI is InChI=1S/C11H13N3O2/c1-7(14-12)6-11(16)8-4-2-3-5-9(8)13-10(11)15/h2-5,16H,6,12H2,1H3,(H,13,15)/b14-7+. The summed E-state index contributed by atoms with van der Waals surface area (Å²) in [5.41, 5.74) is 0.181. The first kappa shape index (κ1) is 10.6. The van der Waals surface area contributed by atoms with Gasteiger partial charge in [-0.15, -0.1) is 0 Å². The number of hydrogen-bond acceptors (Lipinski definition) is 4. The Hall–Kier alpha value is -1.88. The van der Waals surface area contributed by atoms with Crippen LogP contribution in [0.4, 0.5) is 5.69 Å². The van der Waals surface area contributed by atoms with Gasteiger partial charge in [0.15, 0.2) is 5.60 Å². The molecular weight excluding hydrogens is 206 g/mol. The van der Waals surface area contributed by atoms with Crippen LogP contribution in [0.2, 0.25) is 0 Å². The van der Waals surface area contributed by atoms with Crippen LogP contribution in [0.25, 0.3) is 0 Å². The highest BCUT2D eigenvalue weighted by Crippen LogP contribution is 2.38. The number of rotatable bonds is 2. The summed E-state index contributed by atoms with van der Waals surface area (Å²) in [7, 11) is 0. The van der Waals surface area contributed by atoms with E-state index in [-0.39, 0.29) is 6.42 Å². The van der Waals surface area contributed by atoms with Crippen molar-refractivity contribution in [1.29, 1.82) is 0 Å². The highest BCUT2D eigenvalue weighted by molar-refractivity contribution is 6.07. The van der Waals surface area contributed by atoms with Gasteiger partial charge in [0.2, 0.25) is 0 Å². The number of benzene rings is 1. The Morgan fingerprint density at radius 1 is 1.56 bits per heavy atom. The normalized spacial score (nSPS) is 24.1. The molecule has 4 N–H and O–H groups in total. The maximum Gasteiger partial charge on any atom is 0.261 e. The molecule has 5 nitrogen and oxygen atoms in total. The van der Waals surface area contributed by atoms with Gasteiger partial charge in [0.05, 0.1) is 0 Å². The molecule has 0 spiro atoms. The number of para-hydroxylation sites is 1. The minimum atomic E-state index is -1.55.